The number of carbonyl (C=O) groups excluding carboxylic acids is 1. The van der Waals surface area contributed by atoms with Crippen molar-refractivity contribution in [1.29, 1.82) is 0 Å². The predicted octanol–water partition coefficient (Wildman–Crippen LogP) is 1.80. The molecule has 0 saturated carbocycles. The largest absolute Gasteiger partial charge is 0.387 e. The van der Waals surface area contributed by atoms with E-state index in [1.807, 2.05) is 11.8 Å². The van der Waals surface area contributed by atoms with E-state index in [2.05, 4.69) is 4.90 Å². The van der Waals surface area contributed by atoms with E-state index in [1.54, 1.807) is 12.1 Å². The van der Waals surface area contributed by atoms with Crippen molar-refractivity contribution in [1.82, 2.24) is 9.80 Å². The third-order valence-corrected chi connectivity index (χ3v) is 3.93. The summed E-state index contributed by atoms with van der Waals surface area (Å²) in [4.78, 5) is 15.8. The summed E-state index contributed by atoms with van der Waals surface area (Å²) in [7, 11) is 0. The van der Waals surface area contributed by atoms with Gasteiger partial charge in [-0.15, -0.1) is 0 Å². The van der Waals surface area contributed by atoms with Gasteiger partial charge in [-0.2, -0.15) is 0 Å². The molecule has 1 unspecified atom stereocenters. The molecule has 0 aromatic heterocycles. The van der Waals surface area contributed by atoms with Gasteiger partial charge >= 0.3 is 0 Å². The molecule has 1 aliphatic rings. The number of benzene rings is 1. The molecule has 1 amide bonds. The lowest BCUT2D eigenvalue weighted by Crippen LogP contribution is -2.36. The van der Waals surface area contributed by atoms with Gasteiger partial charge in [0.05, 0.1) is 6.10 Å². The summed E-state index contributed by atoms with van der Waals surface area (Å²) in [6.07, 6.45) is 0.833. The first-order valence-corrected chi connectivity index (χ1v) is 7.54. The predicted molar refractivity (Wildman–Crippen MR) is 79.3 cm³/mol. The van der Waals surface area contributed by atoms with Gasteiger partial charge in [0.25, 0.3) is 0 Å². The molecule has 5 heteroatoms. The zero-order valence-corrected chi connectivity index (χ0v) is 12.5. The SMILES string of the molecule is CCC(=O)N1CCCN(CC(O)c2ccc(F)cc2)CC1. The lowest BCUT2D eigenvalue weighted by molar-refractivity contribution is -0.130. The van der Waals surface area contributed by atoms with Crippen LogP contribution in [0, 0.1) is 5.82 Å². The molecule has 1 aromatic carbocycles. The van der Waals surface area contributed by atoms with Crippen LogP contribution in [-0.2, 0) is 4.79 Å². The molecule has 116 valence electrons. The minimum absolute atomic E-state index is 0.191. The monoisotopic (exact) mass is 294 g/mol. The number of β-amino-alcohol motifs (C(OH)–C–C–N with tert-alkyl or cyclic N) is 1. The molecule has 1 heterocycles. The second-order valence-electron chi connectivity index (χ2n) is 5.46. The minimum Gasteiger partial charge on any atom is -0.387 e. The van der Waals surface area contributed by atoms with Crippen LogP contribution in [0.3, 0.4) is 0 Å². The van der Waals surface area contributed by atoms with Crippen molar-refractivity contribution < 1.29 is 14.3 Å². The highest BCUT2D eigenvalue weighted by Gasteiger charge is 2.20. The van der Waals surface area contributed by atoms with Crippen LogP contribution in [0.25, 0.3) is 0 Å². The van der Waals surface area contributed by atoms with Crippen molar-refractivity contribution >= 4 is 5.91 Å². The van der Waals surface area contributed by atoms with Crippen molar-refractivity contribution in [3.8, 4) is 0 Å². The lowest BCUT2D eigenvalue weighted by atomic mass is 10.1. The van der Waals surface area contributed by atoms with Gasteiger partial charge in [-0.3, -0.25) is 9.69 Å². The molecule has 0 bridgehead atoms. The summed E-state index contributed by atoms with van der Waals surface area (Å²) >= 11 is 0. The normalized spacial score (nSPS) is 18.3. The zero-order valence-electron chi connectivity index (χ0n) is 12.5. The Balaban J connectivity index is 1.88. The number of nitrogens with zero attached hydrogens (tertiary/aromatic N) is 2. The molecule has 1 aromatic rings. The number of aliphatic hydroxyl groups is 1. The Labute approximate surface area is 125 Å². The fraction of sp³-hybridized carbons (Fsp3) is 0.562. The minimum atomic E-state index is -0.626. The van der Waals surface area contributed by atoms with Gasteiger partial charge in [-0.25, -0.2) is 4.39 Å². The number of hydrogen-bond acceptors (Lipinski definition) is 3. The summed E-state index contributed by atoms with van der Waals surface area (Å²) in [5.41, 5.74) is 0.724. The number of carbonyl (C=O) groups is 1. The molecule has 1 saturated heterocycles. The molecule has 1 fully saturated rings. The molecule has 4 nitrogen and oxygen atoms in total. The fourth-order valence-corrected chi connectivity index (χ4v) is 2.66. The molecule has 1 atom stereocenters. The average molecular weight is 294 g/mol. The Bertz CT molecular complexity index is 464. The van der Waals surface area contributed by atoms with Crippen LogP contribution in [0.2, 0.25) is 0 Å². The van der Waals surface area contributed by atoms with E-state index in [0.717, 1.165) is 31.6 Å². The molecule has 0 aliphatic carbocycles. The van der Waals surface area contributed by atoms with Crippen LogP contribution < -0.4 is 0 Å². The van der Waals surface area contributed by atoms with Crippen molar-refractivity contribution in [3.63, 3.8) is 0 Å². The van der Waals surface area contributed by atoms with Crippen LogP contribution in [-0.4, -0.2) is 53.5 Å². The summed E-state index contributed by atoms with van der Waals surface area (Å²) in [5.74, 6) is -0.106. The maximum Gasteiger partial charge on any atom is 0.222 e. The van der Waals surface area contributed by atoms with Gasteiger partial charge in [0.1, 0.15) is 5.82 Å². The Hall–Kier alpha value is -1.46. The second kappa shape index (κ2) is 7.52. The molecule has 21 heavy (non-hydrogen) atoms. The highest BCUT2D eigenvalue weighted by molar-refractivity contribution is 5.75. The number of aliphatic hydroxyl groups excluding tert-OH is 1. The van der Waals surface area contributed by atoms with E-state index in [1.165, 1.54) is 12.1 Å². The van der Waals surface area contributed by atoms with Crippen LogP contribution in [0.5, 0.6) is 0 Å². The summed E-state index contributed by atoms with van der Waals surface area (Å²) in [5, 5.41) is 10.2. The highest BCUT2D eigenvalue weighted by atomic mass is 19.1. The number of halogens is 1. The Morgan fingerprint density at radius 2 is 1.95 bits per heavy atom. The third-order valence-electron chi connectivity index (χ3n) is 3.93. The molecular weight excluding hydrogens is 271 g/mol. The highest BCUT2D eigenvalue weighted by Crippen LogP contribution is 2.16. The first-order chi connectivity index (χ1) is 10.1. The molecule has 2 rings (SSSR count). The summed E-state index contributed by atoms with van der Waals surface area (Å²) in [6, 6.07) is 5.96. The van der Waals surface area contributed by atoms with Gasteiger partial charge in [0.2, 0.25) is 5.91 Å². The van der Waals surface area contributed by atoms with Crippen LogP contribution >= 0.6 is 0 Å². The van der Waals surface area contributed by atoms with Gasteiger partial charge < -0.3 is 10.0 Å². The lowest BCUT2D eigenvalue weighted by Gasteiger charge is -2.24. The standard InChI is InChI=1S/C16H23FN2O2/c1-2-16(21)19-9-3-8-18(10-11-19)12-15(20)13-4-6-14(17)7-5-13/h4-7,15,20H,2-3,8-12H2,1H3. The van der Waals surface area contributed by atoms with Crippen LogP contribution in [0.4, 0.5) is 4.39 Å². The van der Waals surface area contributed by atoms with Crippen molar-refractivity contribution in [3.05, 3.63) is 35.6 Å². The first-order valence-electron chi connectivity index (χ1n) is 7.54. The van der Waals surface area contributed by atoms with Gasteiger partial charge in [0.15, 0.2) is 0 Å². The maximum atomic E-state index is 12.9. The van der Waals surface area contributed by atoms with Crippen molar-refractivity contribution in [2.24, 2.45) is 0 Å². The quantitative estimate of drug-likeness (QED) is 0.921. The molecule has 1 N–H and O–H groups in total. The number of hydrogen-bond donors (Lipinski definition) is 1. The third kappa shape index (κ3) is 4.51. The molecule has 0 spiro atoms. The first kappa shape index (κ1) is 15.9. The molecular formula is C16H23FN2O2. The Morgan fingerprint density at radius 1 is 1.24 bits per heavy atom. The van der Waals surface area contributed by atoms with E-state index in [-0.39, 0.29) is 11.7 Å². The smallest absolute Gasteiger partial charge is 0.222 e. The van der Waals surface area contributed by atoms with Crippen LogP contribution in [0.15, 0.2) is 24.3 Å². The molecule has 0 radical (unpaired) electrons. The maximum absolute atomic E-state index is 12.9. The second-order valence-corrected chi connectivity index (χ2v) is 5.46. The van der Waals surface area contributed by atoms with Crippen molar-refractivity contribution in [2.75, 3.05) is 32.7 Å². The number of amides is 1. The Morgan fingerprint density at radius 3 is 2.62 bits per heavy atom. The van der Waals surface area contributed by atoms with E-state index < -0.39 is 6.10 Å². The van der Waals surface area contributed by atoms with E-state index in [0.29, 0.717) is 19.5 Å². The van der Waals surface area contributed by atoms with E-state index >= 15 is 0 Å². The van der Waals surface area contributed by atoms with Crippen molar-refractivity contribution in [2.45, 2.75) is 25.9 Å². The zero-order chi connectivity index (χ0) is 15.2. The summed E-state index contributed by atoms with van der Waals surface area (Å²) in [6.45, 7) is 5.53. The van der Waals surface area contributed by atoms with Gasteiger partial charge in [-0.1, -0.05) is 19.1 Å². The van der Waals surface area contributed by atoms with E-state index in [9.17, 15) is 14.3 Å². The molecule has 1 aliphatic heterocycles. The number of rotatable bonds is 4. The van der Waals surface area contributed by atoms with E-state index in [4.69, 9.17) is 0 Å². The van der Waals surface area contributed by atoms with Crippen LogP contribution in [0.1, 0.15) is 31.4 Å². The topological polar surface area (TPSA) is 43.8 Å². The average Bonchev–Trinajstić information content (AvgIpc) is 2.72. The fourth-order valence-electron chi connectivity index (χ4n) is 2.66. The Kier molecular flexibility index (Phi) is 5.70. The van der Waals surface area contributed by atoms with Gasteiger partial charge in [-0.05, 0) is 24.1 Å². The van der Waals surface area contributed by atoms with Gasteiger partial charge in [0, 0.05) is 39.1 Å². The summed E-state index contributed by atoms with van der Waals surface area (Å²) < 4.78 is 12.9.